The van der Waals surface area contributed by atoms with Crippen LogP contribution in [-0.2, 0) is 11.2 Å². The van der Waals surface area contributed by atoms with Crippen LogP contribution in [0.3, 0.4) is 0 Å². The van der Waals surface area contributed by atoms with E-state index < -0.39 is 5.41 Å². The summed E-state index contributed by atoms with van der Waals surface area (Å²) in [6.45, 7) is 0. The van der Waals surface area contributed by atoms with Crippen molar-refractivity contribution in [1.29, 1.82) is 0 Å². The number of carbonyl (C=O) groups is 1. The van der Waals surface area contributed by atoms with Crippen molar-refractivity contribution in [2.75, 3.05) is 0 Å². The van der Waals surface area contributed by atoms with Crippen LogP contribution in [0.1, 0.15) is 42.9 Å². The van der Waals surface area contributed by atoms with E-state index in [1.807, 2.05) is 12.1 Å². The Morgan fingerprint density at radius 1 is 1.40 bits per heavy atom. The van der Waals surface area contributed by atoms with Gasteiger partial charge in [0.15, 0.2) is 5.84 Å². The molecule has 4 N–H and O–H groups in total. The lowest BCUT2D eigenvalue weighted by atomic mass is 9.87. The Bertz CT molecular complexity index is 564. The summed E-state index contributed by atoms with van der Waals surface area (Å²) in [4.78, 5) is 12.4. The number of nitrogens with two attached hydrogens (primary N) is 1. The molecule has 2 aliphatic rings. The van der Waals surface area contributed by atoms with Gasteiger partial charge in [-0.15, -0.1) is 0 Å². The molecule has 0 heterocycles. The van der Waals surface area contributed by atoms with Gasteiger partial charge in [0.25, 0.3) is 0 Å². The Labute approximate surface area is 117 Å². The standard InChI is InChI=1S/C15H19N3O2/c16-13(18-20)15(8-9-15)14(19)17-12-7-3-5-10-4-1-2-6-11(10)12/h1-2,4,6,12,20H,3,5,7-9H2,(H2,16,18)(H,17,19). The average molecular weight is 273 g/mol. The number of amidine groups is 1. The summed E-state index contributed by atoms with van der Waals surface area (Å²) in [5, 5.41) is 14.9. The van der Waals surface area contributed by atoms with E-state index in [4.69, 9.17) is 10.9 Å². The highest BCUT2D eigenvalue weighted by molar-refractivity contribution is 6.09. The summed E-state index contributed by atoms with van der Waals surface area (Å²) in [5.41, 5.74) is 7.38. The van der Waals surface area contributed by atoms with Crippen molar-refractivity contribution < 1.29 is 10.0 Å². The molecular formula is C15H19N3O2. The van der Waals surface area contributed by atoms with Crippen molar-refractivity contribution >= 4 is 11.7 Å². The second kappa shape index (κ2) is 4.81. The number of hydrogen-bond donors (Lipinski definition) is 3. The molecule has 1 aromatic carbocycles. The molecule has 1 amide bonds. The Morgan fingerprint density at radius 2 is 2.15 bits per heavy atom. The van der Waals surface area contributed by atoms with Gasteiger partial charge in [-0.1, -0.05) is 29.4 Å². The minimum atomic E-state index is -0.777. The molecule has 0 radical (unpaired) electrons. The van der Waals surface area contributed by atoms with Gasteiger partial charge in [-0.2, -0.15) is 0 Å². The van der Waals surface area contributed by atoms with Gasteiger partial charge < -0.3 is 16.3 Å². The second-order valence-corrected chi connectivity index (χ2v) is 5.68. The van der Waals surface area contributed by atoms with Gasteiger partial charge >= 0.3 is 0 Å². The maximum Gasteiger partial charge on any atom is 0.234 e. The molecule has 0 aliphatic heterocycles. The molecule has 0 spiro atoms. The molecule has 0 saturated heterocycles. The number of aryl methyl sites for hydroxylation is 1. The van der Waals surface area contributed by atoms with E-state index in [2.05, 4.69) is 22.6 Å². The fraction of sp³-hybridized carbons (Fsp3) is 0.467. The van der Waals surface area contributed by atoms with Crippen LogP contribution >= 0.6 is 0 Å². The second-order valence-electron chi connectivity index (χ2n) is 5.68. The number of carbonyl (C=O) groups excluding carboxylic acids is 1. The van der Waals surface area contributed by atoms with Gasteiger partial charge in [0.1, 0.15) is 5.41 Å². The van der Waals surface area contributed by atoms with Crippen LogP contribution in [0.15, 0.2) is 29.4 Å². The van der Waals surface area contributed by atoms with Gasteiger partial charge in [0.05, 0.1) is 6.04 Å². The number of rotatable bonds is 3. The molecule has 5 nitrogen and oxygen atoms in total. The molecular weight excluding hydrogens is 254 g/mol. The molecule has 2 aliphatic carbocycles. The van der Waals surface area contributed by atoms with E-state index in [-0.39, 0.29) is 17.8 Å². The quantitative estimate of drug-likeness (QED) is 0.339. The first-order valence-electron chi connectivity index (χ1n) is 7.04. The van der Waals surface area contributed by atoms with Crippen LogP contribution in [0, 0.1) is 5.41 Å². The summed E-state index contributed by atoms with van der Waals surface area (Å²) >= 11 is 0. The smallest absolute Gasteiger partial charge is 0.234 e. The summed E-state index contributed by atoms with van der Waals surface area (Å²) in [6, 6.07) is 8.25. The Hall–Kier alpha value is -2.04. The van der Waals surface area contributed by atoms with Crippen LogP contribution in [-0.4, -0.2) is 17.0 Å². The summed E-state index contributed by atoms with van der Waals surface area (Å²) in [5.74, 6) is -0.0893. The molecule has 1 atom stereocenters. The summed E-state index contributed by atoms with van der Waals surface area (Å²) in [6.07, 6.45) is 4.38. The number of nitrogens with one attached hydrogen (secondary N) is 1. The zero-order valence-electron chi connectivity index (χ0n) is 11.3. The van der Waals surface area contributed by atoms with Crippen LogP contribution in [0.4, 0.5) is 0 Å². The van der Waals surface area contributed by atoms with E-state index in [0.717, 1.165) is 19.3 Å². The lowest BCUT2D eigenvalue weighted by Gasteiger charge is -2.28. The topological polar surface area (TPSA) is 87.7 Å². The number of oxime groups is 1. The van der Waals surface area contributed by atoms with E-state index in [9.17, 15) is 4.79 Å². The predicted octanol–water partition coefficient (Wildman–Crippen LogP) is 1.71. The van der Waals surface area contributed by atoms with E-state index >= 15 is 0 Å². The monoisotopic (exact) mass is 273 g/mol. The fourth-order valence-electron chi connectivity index (χ4n) is 3.02. The molecule has 1 aromatic rings. The SMILES string of the molecule is N/C(=N/O)C1(C(=O)NC2CCCc3ccccc32)CC1. The van der Waals surface area contributed by atoms with Crippen molar-refractivity contribution in [2.45, 2.75) is 38.1 Å². The molecule has 3 rings (SSSR count). The van der Waals surface area contributed by atoms with Gasteiger partial charge in [-0.25, -0.2) is 0 Å². The first-order valence-corrected chi connectivity index (χ1v) is 7.04. The maximum absolute atomic E-state index is 12.4. The summed E-state index contributed by atoms with van der Waals surface area (Å²) < 4.78 is 0. The van der Waals surface area contributed by atoms with Crippen molar-refractivity contribution in [1.82, 2.24) is 5.32 Å². The first-order chi connectivity index (χ1) is 9.67. The predicted molar refractivity (Wildman–Crippen MR) is 75.3 cm³/mol. The molecule has 0 aromatic heterocycles. The third kappa shape index (κ3) is 2.03. The number of benzene rings is 1. The van der Waals surface area contributed by atoms with E-state index in [1.165, 1.54) is 11.1 Å². The number of fused-ring (bicyclic) bond motifs is 1. The lowest BCUT2D eigenvalue weighted by Crippen LogP contribution is -2.42. The van der Waals surface area contributed by atoms with Gasteiger partial charge in [0, 0.05) is 0 Å². The number of hydrogen-bond acceptors (Lipinski definition) is 3. The minimum absolute atomic E-state index is 0.0269. The first kappa shape index (κ1) is 13.0. The molecule has 5 heteroatoms. The molecule has 106 valence electrons. The van der Waals surface area contributed by atoms with Gasteiger partial charge in [-0.3, -0.25) is 4.79 Å². The molecule has 1 fully saturated rings. The average Bonchev–Trinajstić information content (AvgIpc) is 3.28. The highest BCUT2D eigenvalue weighted by atomic mass is 16.4. The van der Waals surface area contributed by atoms with Crippen LogP contribution in [0.25, 0.3) is 0 Å². The molecule has 0 bridgehead atoms. The minimum Gasteiger partial charge on any atom is -0.409 e. The Kier molecular flexibility index (Phi) is 3.12. The molecule has 1 unspecified atom stereocenters. The van der Waals surface area contributed by atoms with Crippen LogP contribution in [0.2, 0.25) is 0 Å². The Morgan fingerprint density at radius 3 is 2.85 bits per heavy atom. The zero-order chi connectivity index (χ0) is 14.2. The largest absolute Gasteiger partial charge is 0.409 e. The summed E-state index contributed by atoms with van der Waals surface area (Å²) in [7, 11) is 0. The highest BCUT2D eigenvalue weighted by Crippen LogP contribution is 2.46. The number of amides is 1. The van der Waals surface area contributed by atoms with Crippen molar-refractivity contribution in [3.63, 3.8) is 0 Å². The third-order valence-corrected chi connectivity index (χ3v) is 4.46. The number of nitrogens with zero attached hydrogens (tertiary/aromatic N) is 1. The Balaban J connectivity index is 1.78. The van der Waals surface area contributed by atoms with E-state index in [0.29, 0.717) is 12.8 Å². The lowest BCUT2D eigenvalue weighted by molar-refractivity contribution is -0.125. The van der Waals surface area contributed by atoms with Crippen molar-refractivity contribution in [3.8, 4) is 0 Å². The fourth-order valence-corrected chi connectivity index (χ4v) is 3.02. The van der Waals surface area contributed by atoms with Crippen molar-refractivity contribution in [3.05, 3.63) is 35.4 Å². The zero-order valence-corrected chi connectivity index (χ0v) is 11.3. The highest BCUT2D eigenvalue weighted by Gasteiger charge is 2.54. The van der Waals surface area contributed by atoms with Gasteiger partial charge in [-0.05, 0) is 43.2 Å². The van der Waals surface area contributed by atoms with Crippen LogP contribution < -0.4 is 11.1 Å². The maximum atomic E-state index is 12.4. The van der Waals surface area contributed by atoms with Crippen molar-refractivity contribution in [2.24, 2.45) is 16.3 Å². The van der Waals surface area contributed by atoms with Gasteiger partial charge in [0.2, 0.25) is 5.91 Å². The normalized spacial score (nSPS) is 23.8. The molecule has 20 heavy (non-hydrogen) atoms. The third-order valence-electron chi connectivity index (χ3n) is 4.46. The van der Waals surface area contributed by atoms with E-state index in [1.54, 1.807) is 0 Å². The van der Waals surface area contributed by atoms with Crippen LogP contribution in [0.5, 0.6) is 0 Å². The molecule has 1 saturated carbocycles.